The van der Waals surface area contributed by atoms with E-state index < -0.39 is 5.54 Å². The van der Waals surface area contributed by atoms with Gasteiger partial charge in [0, 0.05) is 39.2 Å². The minimum Gasteiger partial charge on any atom is -0.312 e. The molecule has 3 amide bonds. The molecule has 2 fully saturated rings. The molecule has 7 heteroatoms. The molecule has 0 bridgehead atoms. The van der Waals surface area contributed by atoms with Gasteiger partial charge in [-0.05, 0) is 50.1 Å². The lowest BCUT2D eigenvalue weighted by atomic mass is 9.86. The number of Topliss-reactive ketones (excluding diaryl/α,β-unsaturated/α-hetero) is 1. The van der Waals surface area contributed by atoms with Crippen molar-refractivity contribution in [1.29, 1.82) is 0 Å². The Morgan fingerprint density at radius 2 is 1.73 bits per heavy atom. The van der Waals surface area contributed by atoms with Crippen molar-refractivity contribution in [2.24, 2.45) is 0 Å². The number of benzene rings is 1. The highest BCUT2D eigenvalue weighted by atomic mass is 19.1. The van der Waals surface area contributed by atoms with Gasteiger partial charge in [0.1, 0.15) is 11.4 Å². The Kier molecular flexibility index (Phi) is 5.09. The number of carbonyl (C=O) groups excluding carboxylic acids is 3. The van der Waals surface area contributed by atoms with Gasteiger partial charge in [0.05, 0.1) is 0 Å². The predicted molar refractivity (Wildman–Crippen MR) is 94.3 cm³/mol. The van der Waals surface area contributed by atoms with Crippen LogP contribution in [0.15, 0.2) is 24.3 Å². The molecule has 1 aromatic carbocycles. The van der Waals surface area contributed by atoms with E-state index in [0.717, 1.165) is 19.6 Å². The monoisotopic (exact) mass is 361 g/mol. The van der Waals surface area contributed by atoms with Crippen LogP contribution in [-0.2, 0) is 4.79 Å². The van der Waals surface area contributed by atoms with Crippen molar-refractivity contribution in [1.82, 2.24) is 14.7 Å². The van der Waals surface area contributed by atoms with Crippen molar-refractivity contribution in [3.8, 4) is 0 Å². The first-order valence-corrected chi connectivity index (χ1v) is 8.92. The van der Waals surface area contributed by atoms with Gasteiger partial charge in [-0.15, -0.1) is 0 Å². The summed E-state index contributed by atoms with van der Waals surface area (Å²) in [5.41, 5.74) is -0.171. The van der Waals surface area contributed by atoms with Crippen molar-refractivity contribution in [3.05, 3.63) is 35.6 Å². The van der Waals surface area contributed by atoms with Crippen LogP contribution in [0.2, 0.25) is 0 Å². The second-order valence-electron chi connectivity index (χ2n) is 7.11. The van der Waals surface area contributed by atoms with Crippen molar-refractivity contribution in [2.45, 2.75) is 31.2 Å². The Morgan fingerprint density at radius 3 is 2.27 bits per heavy atom. The van der Waals surface area contributed by atoms with E-state index in [1.807, 2.05) is 0 Å². The number of halogens is 1. The highest BCUT2D eigenvalue weighted by Crippen LogP contribution is 2.35. The molecule has 2 heterocycles. The van der Waals surface area contributed by atoms with Gasteiger partial charge >= 0.3 is 6.03 Å². The fourth-order valence-corrected chi connectivity index (χ4v) is 3.89. The van der Waals surface area contributed by atoms with Crippen molar-refractivity contribution >= 4 is 17.7 Å². The molecule has 0 aliphatic carbocycles. The van der Waals surface area contributed by atoms with Crippen molar-refractivity contribution < 1.29 is 18.8 Å². The Bertz CT molecular complexity index is 711. The van der Waals surface area contributed by atoms with Crippen LogP contribution in [0.3, 0.4) is 0 Å². The Morgan fingerprint density at radius 1 is 1.12 bits per heavy atom. The van der Waals surface area contributed by atoms with Crippen LogP contribution >= 0.6 is 0 Å². The van der Waals surface area contributed by atoms with E-state index in [4.69, 9.17) is 0 Å². The molecule has 0 radical (unpaired) electrons. The number of piperidine rings is 1. The third kappa shape index (κ3) is 3.23. The zero-order valence-corrected chi connectivity index (χ0v) is 15.2. The number of ketones is 1. The summed E-state index contributed by atoms with van der Waals surface area (Å²) in [7, 11) is 3.23. The third-order valence-electron chi connectivity index (χ3n) is 5.65. The van der Waals surface area contributed by atoms with Gasteiger partial charge in [0.15, 0.2) is 5.78 Å². The first-order chi connectivity index (χ1) is 12.3. The average molecular weight is 361 g/mol. The summed E-state index contributed by atoms with van der Waals surface area (Å²) in [6, 6.07) is 5.37. The number of imide groups is 1. The lowest BCUT2D eigenvalue weighted by molar-refractivity contribution is -0.134. The minimum atomic E-state index is -0.702. The van der Waals surface area contributed by atoms with E-state index in [0.29, 0.717) is 31.2 Å². The molecule has 0 aromatic heterocycles. The molecule has 2 aliphatic rings. The quantitative estimate of drug-likeness (QED) is 0.596. The SMILES string of the molecule is CN1C(=O)N(C)C2(CCN(CCCC(=O)c3ccc(F)cc3)CC2)C1=O. The van der Waals surface area contributed by atoms with Gasteiger partial charge < -0.3 is 9.80 Å². The fourth-order valence-electron chi connectivity index (χ4n) is 3.89. The molecule has 3 rings (SSSR count). The van der Waals surface area contributed by atoms with Crippen LogP contribution in [0.4, 0.5) is 9.18 Å². The van der Waals surface area contributed by atoms with E-state index in [1.165, 1.54) is 36.2 Å². The van der Waals surface area contributed by atoms with E-state index in [-0.39, 0.29) is 23.5 Å². The van der Waals surface area contributed by atoms with Gasteiger partial charge in [0.25, 0.3) is 5.91 Å². The van der Waals surface area contributed by atoms with Crippen LogP contribution in [0.5, 0.6) is 0 Å². The molecule has 2 saturated heterocycles. The van der Waals surface area contributed by atoms with E-state index >= 15 is 0 Å². The zero-order valence-electron chi connectivity index (χ0n) is 15.2. The normalized spacial score (nSPS) is 20.3. The average Bonchev–Trinajstić information content (AvgIpc) is 2.80. The molecule has 1 spiro atoms. The van der Waals surface area contributed by atoms with Gasteiger partial charge in [-0.1, -0.05) is 0 Å². The Labute approximate surface area is 152 Å². The van der Waals surface area contributed by atoms with Crippen molar-refractivity contribution in [2.75, 3.05) is 33.7 Å². The summed E-state index contributed by atoms with van der Waals surface area (Å²) < 4.78 is 12.9. The predicted octanol–water partition coefficient (Wildman–Crippen LogP) is 2.15. The summed E-state index contributed by atoms with van der Waals surface area (Å²) in [6.45, 7) is 2.22. The number of rotatable bonds is 5. The molecule has 0 N–H and O–H groups in total. The molecular formula is C19H24FN3O3. The molecule has 0 atom stereocenters. The third-order valence-corrected chi connectivity index (χ3v) is 5.65. The number of urea groups is 1. The molecule has 140 valence electrons. The molecule has 2 aliphatic heterocycles. The van der Waals surface area contributed by atoms with Gasteiger partial charge in [-0.2, -0.15) is 0 Å². The molecule has 0 unspecified atom stereocenters. The van der Waals surface area contributed by atoms with Crippen LogP contribution in [-0.4, -0.2) is 71.7 Å². The fraction of sp³-hybridized carbons (Fsp3) is 0.526. The maximum absolute atomic E-state index is 12.9. The molecule has 1 aromatic rings. The standard InChI is InChI=1S/C19H24FN3O3/c1-21-17(25)19(22(2)18(21)26)9-12-23(13-10-19)11-3-4-16(24)14-5-7-15(20)8-6-14/h5-8H,3-4,9-13H2,1-2H3. The maximum Gasteiger partial charge on any atom is 0.327 e. The molecule has 6 nitrogen and oxygen atoms in total. The second-order valence-corrected chi connectivity index (χ2v) is 7.11. The summed E-state index contributed by atoms with van der Waals surface area (Å²) in [5.74, 6) is -0.452. The summed E-state index contributed by atoms with van der Waals surface area (Å²) >= 11 is 0. The van der Waals surface area contributed by atoms with E-state index in [2.05, 4.69) is 4.90 Å². The second kappa shape index (κ2) is 7.15. The number of likely N-dealkylation sites (N-methyl/N-ethyl adjacent to an activating group) is 2. The van der Waals surface area contributed by atoms with Gasteiger partial charge in [0.2, 0.25) is 0 Å². The van der Waals surface area contributed by atoms with E-state index in [1.54, 1.807) is 11.9 Å². The van der Waals surface area contributed by atoms with Crippen LogP contribution in [0.1, 0.15) is 36.0 Å². The Balaban J connectivity index is 1.47. The van der Waals surface area contributed by atoms with Gasteiger partial charge in [-0.25, -0.2) is 9.18 Å². The smallest absolute Gasteiger partial charge is 0.312 e. The maximum atomic E-state index is 12.9. The van der Waals surface area contributed by atoms with E-state index in [9.17, 15) is 18.8 Å². The van der Waals surface area contributed by atoms with Gasteiger partial charge in [-0.3, -0.25) is 14.5 Å². The van der Waals surface area contributed by atoms with Crippen molar-refractivity contribution in [3.63, 3.8) is 0 Å². The molecular weight excluding hydrogens is 337 g/mol. The lowest BCUT2D eigenvalue weighted by Gasteiger charge is -2.40. The summed E-state index contributed by atoms with van der Waals surface area (Å²) in [6.07, 6.45) is 2.35. The number of carbonyl (C=O) groups is 3. The zero-order chi connectivity index (χ0) is 18.9. The number of hydrogen-bond acceptors (Lipinski definition) is 4. The first kappa shape index (κ1) is 18.5. The number of likely N-dealkylation sites (tertiary alicyclic amines) is 1. The molecule has 26 heavy (non-hydrogen) atoms. The van der Waals surface area contributed by atoms with Crippen LogP contribution in [0, 0.1) is 5.82 Å². The lowest BCUT2D eigenvalue weighted by Crippen LogP contribution is -2.55. The largest absolute Gasteiger partial charge is 0.327 e. The first-order valence-electron chi connectivity index (χ1n) is 8.92. The Hall–Kier alpha value is -2.28. The van der Waals surface area contributed by atoms with Crippen LogP contribution < -0.4 is 0 Å². The number of amides is 3. The highest BCUT2D eigenvalue weighted by molar-refractivity contribution is 6.06. The minimum absolute atomic E-state index is 0.0106. The highest BCUT2D eigenvalue weighted by Gasteiger charge is 2.55. The topological polar surface area (TPSA) is 60.9 Å². The summed E-state index contributed by atoms with van der Waals surface area (Å²) in [4.78, 5) is 41.6. The number of nitrogens with zero attached hydrogens (tertiary/aromatic N) is 3. The molecule has 0 saturated carbocycles. The van der Waals surface area contributed by atoms with Crippen LogP contribution in [0.25, 0.3) is 0 Å². The summed E-state index contributed by atoms with van der Waals surface area (Å²) in [5, 5.41) is 0. The number of hydrogen-bond donors (Lipinski definition) is 0.